The first-order valence-corrected chi connectivity index (χ1v) is 10.3. The molecule has 8 heteroatoms. The van der Waals surface area contributed by atoms with Crippen LogP contribution < -0.4 is 15.4 Å². The number of halogens is 2. The molecule has 2 N–H and O–H groups in total. The van der Waals surface area contributed by atoms with Crippen molar-refractivity contribution in [3.63, 3.8) is 0 Å². The monoisotopic (exact) mass is 431 g/mol. The van der Waals surface area contributed by atoms with Crippen molar-refractivity contribution >= 4 is 11.8 Å². The molecule has 0 aromatic heterocycles. The SMILES string of the molecule is COc1ccc(CN2CCC(NC(=O)CNC(=O)Cc3cccc(F)c3)CC2)cc1F. The van der Waals surface area contributed by atoms with Crippen LogP contribution >= 0.6 is 0 Å². The van der Waals surface area contributed by atoms with Crippen molar-refractivity contribution in [2.75, 3.05) is 26.7 Å². The van der Waals surface area contributed by atoms with Gasteiger partial charge >= 0.3 is 0 Å². The van der Waals surface area contributed by atoms with Crippen LogP contribution in [-0.2, 0) is 22.6 Å². The molecular weight excluding hydrogens is 404 g/mol. The van der Waals surface area contributed by atoms with Crippen LogP contribution in [0.1, 0.15) is 24.0 Å². The number of carbonyl (C=O) groups is 2. The maximum Gasteiger partial charge on any atom is 0.239 e. The Labute approximate surface area is 180 Å². The van der Waals surface area contributed by atoms with Crippen LogP contribution in [0.2, 0.25) is 0 Å². The maximum absolute atomic E-state index is 13.8. The number of likely N-dealkylation sites (tertiary alicyclic amines) is 1. The van der Waals surface area contributed by atoms with Gasteiger partial charge in [0.05, 0.1) is 20.1 Å². The zero-order valence-electron chi connectivity index (χ0n) is 17.5. The molecule has 0 bridgehead atoms. The van der Waals surface area contributed by atoms with E-state index < -0.39 is 5.82 Å². The Kier molecular flexibility index (Phi) is 7.94. The Balaban J connectivity index is 1.36. The van der Waals surface area contributed by atoms with Crippen molar-refractivity contribution in [1.29, 1.82) is 0 Å². The summed E-state index contributed by atoms with van der Waals surface area (Å²) in [5, 5.41) is 5.51. The summed E-state index contributed by atoms with van der Waals surface area (Å²) < 4.78 is 32.0. The highest BCUT2D eigenvalue weighted by Crippen LogP contribution is 2.20. The van der Waals surface area contributed by atoms with E-state index in [-0.39, 0.29) is 42.4 Å². The van der Waals surface area contributed by atoms with E-state index in [2.05, 4.69) is 15.5 Å². The Bertz CT molecular complexity index is 915. The summed E-state index contributed by atoms with van der Waals surface area (Å²) >= 11 is 0. The summed E-state index contributed by atoms with van der Waals surface area (Å²) in [7, 11) is 1.44. The lowest BCUT2D eigenvalue weighted by molar-refractivity contribution is -0.126. The summed E-state index contributed by atoms with van der Waals surface area (Å²) in [6.45, 7) is 2.09. The fourth-order valence-electron chi connectivity index (χ4n) is 3.65. The summed E-state index contributed by atoms with van der Waals surface area (Å²) in [5.41, 5.74) is 1.43. The van der Waals surface area contributed by atoms with E-state index in [0.29, 0.717) is 12.1 Å². The summed E-state index contributed by atoms with van der Waals surface area (Å²) in [5.74, 6) is -1.12. The van der Waals surface area contributed by atoms with E-state index in [9.17, 15) is 18.4 Å². The average Bonchev–Trinajstić information content (AvgIpc) is 2.74. The smallest absolute Gasteiger partial charge is 0.239 e. The number of hydrogen-bond donors (Lipinski definition) is 2. The van der Waals surface area contributed by atoms with Gasteiger partial charge in [0.1, 0.15) is 5.82 Å². The van der Waals surface area contributed by atoms with Gasteiger partial charge in [0.25, 0.3) is 0 Å². The van der Waals surface area contributed by atoms with Crippen LogP contribution in [0.15, 0.2) is 42.5 Å². The minimum atomic E-state index is -0.397. The summed E-state index contributed by atoms with van der Waals surface area (Å²) in [6.07, 6.45) is 1.58. The van der Waals surface area contributed by atoms with Crippen LogP contribution in [0.4, 0.5) is 8.78 Å². The van der Waals surface area contributed by atoms with Gasteiger partial charge in [-0.3, -0.25) is 14.5 Å². The second-order valence-electron chi connectivity index (χ2n) is 7.67. The summed E-state index contributed by atoms with van der Waals surface area (Å²) in [6, 6.07) is 10.8. The van der Waals surface area contributed by atoms with Gasteiger partial charge in [-0.15, -0.1) is 0 Å². The second kappa shape index (κ2) is 10.9. The van der Waals surface area contributed by atoms with Gasteiger partial charge in [-0.25, -0.2) is 8.78 Å². The highest BCUT2D eigenvalue weighted by Gasteiger charge is 2.21. The second-order valence-corrected chi connectivity index (χ2v) is 7.67. The van der Waals surface area contributed by atoms with Gasteiger partial charge < -0.3 is 15.4 Å². The maximum atomic E-state index is 13.8. The molecule has 0 aliphatic carbocycles. The number of methoxy groups -OCH3 is 1. The molecule has 1 heterocycles. The van der Waals surface area contributed by atoms with Crippen LogP contribution in [0.3, 0.4) is 0 Å². The van der Waals surface area contributed by atoms with Crippen LogP contribution in [-0.4, -0.2) is 49.5 Å². The molecule has 0 saturated carbocycles. The molecule has 0 unspecified atom stereocenters. The minimum Gasteiger partial charge on any atom is -0.494 e. The number of piperidine rings is 1. The molecule has 1 saturated heterocycles. The van der Waals surface area contributed by atoms with Gasteiger partial charge in [0.15, 0.2) is 11.6 Å². The first kappa shape index (κ1) is 22.7. The molecule has 3 rings (SSSR count). The largest absolute Gasteiger partial charge is 0.494 e. The fourth-order valence-corrected chi connectivity index (χ4v) is 3.65. The van der Waals surface area contributed by atoms with E-state index in [1.165, 1.54) is 25.3 Å². The highest BCUT2D eigenvalue weighted by atomic mass is 19.1. The molecule has 1 fully saturated rings. The average molecular weight is 431 g/mol. The molecule has 1 aliphatic rings. The van der Waals surface area contributed by atoms with Gasteiger partial charge in [0, 0.05) is 25.7 Å². The first-order valence-electron chi connectivity index (χ1n) is 10.3. The van der Waals surface area contributed by atoms with Crippen molar-refractivity contribution in [3.05, 3.63) is 65.2 Å². The van der Waals surface area contributed by atoms with Gasteiger partial charge in [0.2, 0.25) is 11.8 Å². The van der Waals surface area contributed by atoms with E-state index in [1.54, 1.807) is 18.2 Å². The van der Waals surface area contributed by atoms with Gasteiger partial charge in [-0.1, -0.05) is 18.2 Å². The van der Waals surface area contributed by atoms with E-state index in [4.69, 9.17) is 4.74 Å². The molecule has 2 amide bonds. The van der Waals surface area contributed by atoms with Crippen LogP contribution in [0, 0.1) is 11.6 Å². The lowest BCUT2D eigenvalue weighted by atomic mass is 10.0. The number of hydrogen-bond acceptors (Lipinski definition) is 4. The topological polar surface area (TPSA) is 70.7 Å². The molecular formula is C23H27F2N3O3. The van der Waals surface area contributed by atoms with Gasteiger partial charge in [-0.2, -0.15) is 0 Å². The Morgan fingerprint density at radius 3 is 2.52 bits per heavy atom. The summed E-state index contributed by atoms with van der Waals surface area (Å²) in [4.78, 5) is 26.3. The normalized spacial score (nSPS) is 14.8. The number of nitrogens with one attached hydrogen (secondary N) is 2. The predicted octanol–water partition coefficient (Wildman–Crippen LogP) is 2.41. The van der Waals surface area contributed by atoms with Crippen LogP contribution in [0.25, 0.3) is 0 Å². The molecule has 0 radical (unpaired) electrons. The standard InChI is InChI=1S/C23H27F2N3O3/c1-31-21-6-5-17(12-20(21)25)15-28-9-7-19(8-10-28)27-23(30)14-26-22(29)13-16-3-2-4-18(24)11-16/h2-6,11-12,19H,7-10,13-15H2,1H3,(H,26,29)(H,27,30). The van der Waals surface area contributed by atoms with Crippen molar-refractivity contribution < 1.29 is 23.1 Å². The lowest BCUT2D eigenvalue weighted by Crippen LogP contribution is -2.47. The highest BCUT2D eigenvalue weighted by molar-refractivity contribution is 5.85. The van der Waals surface area contributed by atoms with E-state index in [0.717, 1.165) is 31.5 Å². The van der Waals surface area contributed by atoms with Crippen LogP contribution in [0.5, 0.6) is 5.75 Å². The minimum absolute atomic E-state index is 0.0232. The van der Waals surface area contributed by atoms with Crippen molar-refractivity contribution in [2.24, 2.45) is 0 Å². The Morgan fingerprint density at radius 2 is 1.84 bits per heavy atom. The molecule has 2 aromatic carbocycles. The van der Waals surface area contributed by atoms with Crippen molar-refractivity contribution in [2.45, 2.75) is 31.8 Å². The Morgan fingerprint density at radius 1 is 1.06 bits per heavy atom. The van der Waals surface area contributed by atoms with Crippen molar-refractivity contribution in [1.82, 2.24) is 15.5 Å². The van der Waals surface area contributed by atoms with Gasteiger partial charge in [-0.05, 0) is 48.2 Å². The number of ether oxygens (including phenoxy) is 1. The van der Waals surface area contributed by atoms with E-state index >= 15 is 0 Å². The molecule has 31 heavy (non-hydrogen) atoms. The number of nitrogens with zero attached hydrogens (tertiary/aromatic N) is 1. The zero-order chi connectivity index (χ0) is 22.2. The number of amides is 2. The lowest BCUT2D eigenvalue weighted by Gasteiger charge is -2.32. The quantitative estimate of drug-likeness (QED) is 0.674. The fraction of sp³-hybridized carbons (Fsp3) is 0.391. The number of carbonyl (C=O) groups excluding carboxylic acids is 2. The first-order chi connectivity index (χ1) is 14.9. The molecule has 6 nitrogen and oxygen atoms in total. The van der Waals surface area contributed by atoms with E-state index in [1.807, 2.05) is 6.07 Å². The molecule has 166 valence electrons. The molecule has 0 atom stereocenters. The third-order valence-electron chi connectivity index (χ3n) is 5.27. The molecule has 1 aliphatic heterocycles. The third-order valence-corrected chi connectivity index (χ3v) is 5.27. The molecule has 0 spiro atoms. The predicted molar refractivity (Wildman–Crippen MR) is 113 cm³/mol. The Hall–Kier alpha value is -3.00. The number of benzene rings is 2. The zero-order valence-corrected chi connectivity index (χ0v) is 17.5. The van der Waals surface area contributed by atoms with Crippen molar-refractivity contribution in [3.8, 4) is 5.75 Å². The number of rotatable bonds is 8. The molecule has 2 aromatic rings. The third kappa shape index (κ3) is 7.03.